The van der Waals surface area contributed by atoms with E-state index in [0.717, 1.165) is 33.9 Å². The topological polar surface area (TPSA) is 127 Å². The van der Waals surface area contributed by atoms with Crippen molar-refractivity contribution in [2.75, 3.05) is 24.6 Å². The Morgan fingerprint density at radius 1 is 0.878 bits per heavy atom. The molecule has 0 aliphatic carbocycles. The van der Waals surface area contributed by atoms with Crippen molar-refractivity contribution in [2.45, 2.75) is 6.92 Å². The van der Waals surface area contributed by atoms with Crippen molar-refractivity contribution >= 4 is 71.3 Å². The minimum atomic E-state index is -0.738. The van der Waals surface area contributed by atoms with E-state index in [-0.39, 0.29) is 12.6 Å². The van der Waals surface area contributed by atoms with Crippen LogP contribution in [0, 0.1) is 0 Å². The van der Waals surface area contributed by atoms with Crippen LogP contribution in [0.3, 0.4) is 0 Å². The number of likely N-dealkylation sites (N-methyl/N-ethyl adjacent to an activating group) is 1. The van der Waals surface area contributed by atoms with Gasteiger partial charge in [-0.2, -0.15) is 0 Å². The number of fused-ring (bicyclic) bond motifs is 1. The van der Waals surface area contributed by atoms with E-state index >= 15 is 0 Å². The number of rotatable bonds is 14. The van der Waals surface area contributed by atoms with Gasteiger partial charge < -0.3 is 19.1 Å². The molecule has 13 heteroatoms. The number of carbonyl (C=O) groups is 2. The third-order valence-corrected chi connectivity index (χ3v) is 7.79. The van der Waals surface area contributed by atoms with Crippen LogP contribution in [0.15, 0.2) is 153 Å². The molecule has 2 aromatic heterocycles. The number of aromatic nitrogens is 1. The highest BCUT2D eigenvalue weighted by molar-refractivity contribution is 7.30. The molecule has 242 valence electrons. The van der Waals surface area contributed by atoms with Crippen LogP contribution in [-0.2, 0) is 19.1 Å². The lowest BCUT2D eigenvalue weighted by Gasteiger charge is -2.22. The van der Waals surface area contributed by atoms with Crippen molar-refractivity contribution in [3.05, 3.63) is 133 Å². The molecule has 2 aromatic carbocycles. The van der Waals surface area contributed by atoms with Crippen LogP contribution in [0.4, 0.5) is 27.2 Å². The van der Waals surface area contributed by atoms with Gasteiger partial charge in [0.1, 0.15) is 22.2 Å². The van der Waals surface area contributed by atoms with Gasteiger partial charge in [0.2, 0.25) is 5.13 Å². The van der Waals surface area contributed by atoms with Crippen LogP contribution in [-0.4, -0.2) is 36.6 Å². The van der Waals surface area contributed by atoms with Gasteiger partial charge in [-0.05, 0) is 96.8 Å². The third kappa shape index (κ3) is 11.3. The van der Waals surface area contributed by atoms with Crippen LogP contribution in [0.5, 0.6) is 5.75 Å². The number of thiophene rings is 1. The Morgan fingerprint density at radius 3 is 2.22 bits per heavy atom. The molecule has 0 spiro atoms. The molecular weight excluding hydrogens is 661 g/mol. The summed E-state index contributed by atoms with van der Waals surface area (Å²) in [6.45, 7) is 13.7. The standard InChI is InChI=1S/C36H26N6O5S2/c1-5-9-10-11-12-13-14-34(47-33(44)7-3)46-29-21-17-27(18-22-29)38-40-31-25-30-35(49-31)37-36(48-30)41-39-26-15-19-28(20-16-26)42(8-4)23-24-45-32(43)6-2/h6-7,15-22,25H,1-3,8,23-24H2,4H3. The van der Waals surface area contributed by atoms with Crippen molar-refractivity contribution in [3.63, 3.8) is 0 Å². The molecule has 0 saturated carbocycles. The van der Waals surface area contributed by atoms with Crippen LogP contribution in [0.1, 0.15) is 6.92 Å². The van der Waals surface area contributed by atoms with Crippen LogP contribution < -0.4 is 9.64 Å². The zero-order valence-corrected chi connectivity index (χ0v) is 27.8. The van der Waals surface area contributed by atoms with E-state index in [0.29, 0.717) is 33.8 Å². The first-order valence-electron chi connectivity index (χ1n) is 14.3. The summed E-state index contributed by atoms with van der Waals surface area (Å²) in [5.41, 5.74) is 19.5. The smallest absolute Gasteiger partial charge is 0.350 e. The molecule has 0 N–H and O–H groups in total. The highest BCUT2D eigenvalue weighted by Crippen LogP contribution is 2.39. The van der Waals surface area contributed by atoms with E-state index < -0.39 is 11.9 Å². The number of carbonyl (C=O) groups excluding carboxylic acids is 2. The Morgan fingerprint density at radius 2 is 1.55 bits per heavy atom. The fourth-order valence-electron chi connectivity index (χ4n) is 3.64. The SMILES string of the molecule is C=C=C=C=C=C=C=C=C(OC(=O)C=C)Oc1ccc(N=Nc2cc3sc(N=Nc4ccc(N(CC)CCOC(=O)C=C)cc4)nc3s2)cc1. The molecule has 0 bridgehead atoms. The fraction of sp³-hybridized carbons (Fsp3) is 0.111. The molecule has 0 amide bonds. The Kier molecular flexibility index (Phi) is 13.4. The molecule has 0 saturated heterocycles. The predicted octanol–water partition coefficient (Wildman–Crippen LogP) is 9.41. The Hall–Kier alpha value is -6.55. The van der Waals surface area contributed by atoms with Crippen molar-refractivity contribution in [1.82, 2.24) is 4.98 Å². The van der Waals surface area contributed by atoms with Crippen molar-refractivity contribution in [1.29, 1.82) is 0 Å². The van der Waals surface area contributed by atoms with Gasteiger partial charge in [0.25, 0.3) is 0 Å². The fourth-order valence-corrected chi connectivity index (χ4v) is 5.49. The molecule has 0 radical (unpaired) electrons. The van der Waals surface area contributed by atoms with E-state index in [2.05, 4.69) is 90.2 Å². The molecule has 4 aromatic rings. The molecule has 2 heterocycles. The number of esters is 2. The molecule has 11 nitrogen and oxygen atoms in total. The normalized spacial score (nSPS) is 10.1. The average Bonchev–Trinajstić information content (AvgIpc) is 3.69. The highest BCUT2D eigenvalue weighted by Gasteiger charge is 2.10. The summed E-state index contributed by atoms with van der Waals surface area (Å²) in [7, 11) is 0. The van der Waals surface area contributed by atoms with Crippen molar-refractivity contribution < 1.29 is 23.8 Å². The minimum Gasteiger partial charge on any atom is -0.461 e. The average molecular weight is 687 g/mol. The zero-order valence-electron chi connectivity index (χ0n) is 26.1. The predicted molar refractivity (Wildman–Crippen MR) is 188 cm³/mol. The first-order valence-corrected chi connectivity index (χ1v) is 15.9. The number of nitrogens with zero attached hydrogens (tertiary/aromatic N) is 6. The van der Waals surface area contributed by atoms with Gasteiger partial charge in [0.05, 0.1) is 22.6 Å². The lowest BCUT2D eigenvalue weighted by Crippen LogP contribution is -2.27. The molecule has 0 aliphatic heterocycles. The summed E-state index contributed by atoms with van der Waals surface area (Å²) in [6.07, 6.45) is 2.13. The van der Waals surface area contributed by atoms with Crippen LogP contribution in [0.2, 0.25) is 0 Å². The van der Waals surface area contributed by atoms with Gasteiger partial charge >= 0.3 is 17.9 Å². The van der Waals surface area contributed by atoms with Crippen molar-refractivity contribution in [3.8, 4) is 5.75 Å². The molecule has 0 fully saturated rings. The van der Waals surface area contributed by atoms with Gasteiger partial charge in [-0.1, -0.05) is 41.6 Å². The number of azo groups is 2. The quantitative estimate of drug-likeness (QED) is 0.0425. The second-order valence-electron chi connectivity index (χ2n) is 9.05. The lowest BCUT2D eigenvalue weighted by atomic mass is 10.2. The summed E-state index contributed by atoms with van der Waals surface area (Å²) in [6, 6.07) is 16.1. The molecule has 49 heavy (non-hydrogen) atoms. The van der Waals surface area contributed by atoms with Crippen LogP contribution >= 0.6 is 22.7 Å². The van der Waals surface area contributed by atoms with Gasteiger partial charge in [-0.3, -0.25) is 0 Å². The number of ether oxygens (including phenoxy) is 3. The second-order valence-corrected chi connectivity index (χ2v) is 11.1. The summed E-state index contributed by atoms with van der Waals surface area (Å²) in [5.74, 6) is -1.11. The van der Waals surface area contributed by atoms with Crippen LogP contribution in [0.25, 0.3) is 9.53 Å². The monoisotopic (exact) mass is 686 g/mol. The van der Waals surface area contributed by atoms with E-state index in [4.69, 9.17) is 14.2 Å². The number of thiazole rings is 1. The Bertz CT molecular complexity index is 2160. The summed E-state index contributed by atoms with van der Waals surface area (Å²) < 4.78 is 16.6. The van der Waals surface area contributed by atoms with Crippen molar-refractivity contribution in [2.24, 2.45) is 20.5 Å². The second kappa shape index (κ2) is 18.6. The summed E-state index contributed by atoms with van der Waals surface area (Å²) in [4.78, 5) is 30.4. The van der Waals surface area contributed by atoms with E-state index in [1.807, 2.05) is 37.3 Å². The summed E-state index contributed by atoms with van der Waals surface area (Å²) >= 11 is 2.77. The maximum Gasteiger partial charge on any atom is 0.350 e. The van der Waals surface area contributed by atoms with Gasteiger partial charge in [-0.15, -0.1) is 20.5 Å². The lowest BCUT2D eigenvalue weighted by molar-refractivity contribution is -0.138. The molecule has 0 atom stereocenters. The van der Waals surface area contributed by atoms with E-state index in [9.17, 15) is 9.59 Å². The first kappa shape index (κ1) is 35.3. The van der Waals surface area contributed by atoms with E-state index in [1.54, 1.807) is 24.3 Å². The largest absolute Gasteiger partial charge is 0.461 e. The number of hydrogen-bond acceptors (Lipinski definition) is 13. The molecule has 4 rings (SSSR count). The Balaban J connectivity index is 1.37. The molecule has 0 aliphatic rings. The summed E-state index contributed by atoms with van der Waals surface area (Å²) in [5, 5.41) is 18.4. The minimum absolute atomic E-state index is 0.270. The van der Waals surface area contributed by atoms with Gasteiger partial charge in [-0.25, -0.2) is 14.6 Å². The maximum absolute atomic E-state index is 11.7. The molecular formula is C36H26N6O5S2. The first-order chi connectivity index (χ1) is 23.9. The van der Waals surface area contributed by atoms with Gasteiger partial charge in [0.15, 0.2) is 0 Å². The highest BCUT2D eigenvalue weighted by atomic mass is 32.1. The molecule has 0 unspecified atom stereocenters. The third-order valence-electron chi connectivity index (χ3n) is 5.86. The van der Waals surface area contributed by atoms with Gasteiger partial charge in [0, 0.05) is 30.1 Å². The maximum atomic E-state index is 11.7. The van der Waals surface area contributed by atoms with E-state index in [1.165, 1.54) is 22.7 Å². The number of benzene rings is 2. The number of anilines is 1. The number of hydrogen-bond donors (Lipinski definition) is 0. The Labute approximate surface area is 289 Å². The zero-order chi connectivity index (χ0) is 34.8.